The Kier molecular flexibility index (Phi) is 10.7. The number of benzene rings is 2. The summed E-state index contributed by atoms with van der Waals surface area (Å²) in [4.78, 5) is 24.5. The van der Waals surface area contributed by atoms with Crippen molar-refractivity contribution < 1.29 is 19.4 Å². The van der Waals surface area contributed by atoms with Crippen molar-refractivity contribution in [3.63, 3.8) is 0 Å². The van der Waals surface area contributed by atoms with Crippen LogP contribution in [0.4, 0.5) is 34.4 Å². The fourth-order valence-electron chi connectivity index (χ4n) is 4.35. The second-order valence-corrected chi connectivity index (χ2v) is 10.1. The van der Waals surface area contributed by atoms with Gasteiger partial charge in [-0.15, -0.1) is 0 Å². The number of hydrogen-bond acceptors (Lipinski definition) is 11. The summed E-state index contributed by atoms with van der Waals surface area (Å²) in [6, 6.07) is 9.11. The molecule has 42 heavy (non-hydrogen) atoms. The van der Waals surface area contributed by atoms with E-state index in [2.05, 4.69) is 42.7 Å². The number of ether oxygens (including phenoxy) is 2. The van der Waals surface area contributed by atoms with E-state index in [1.165, 1.54) is 24.4 Å². The molecule has 1 aromatic heterocycles. The molecule has 1 saturated heterocycles. The van der Waals surface area contributed by atoms with Crippen LogP contribution in [-0.4, -0.2) is 74.8 Å². The molecular weight excluding hydrogens is 583 g/mol. The fourth-order valence-corrected chi connectivity index (χ4v) is 4.93. The zero-order valence-electron chi connectivity index (χ0n) is 23.6. The first-order valence-corrected chi connectivity index (χ1v) is 13.8. The molecule has 3 aromatic rings. The van der Waals surface area contributed by atoms with E-state index < -0.39 is 6.35 Å². The Hall–Kier alpha value is -3.81. The van der Waals surface area contributed by atoms with Crippen LogP contribution in [-0.2, 0) is 16.1 Å². The number of aliphatic hydroxyl groups is 1. The van der Waals surface area contributed by atoms with Crippen molar-refractivity contribution in [2.24, 2.45) is 0 Å². The SMILES string of the molecule is C=CC(=O)Nc1cc(N2CCNCC2)ccc1Nc1cc(N(C)C(O)Nc2c(Cl)c(COC)cc(OC)c2Cl)ncn1. The second kappa shape index (κ2) is 14.4. The zero-order chi connectivity index (χ0) is 30.2. The molecule has 1 fully saturated rings. The highest BCUT2D eigenvalue weighted by atomic mass is 35.5. The molecule has 0 aliphatic carbocycles. The number of rotatable bonds is 12. The molecule has 0 spiro atoms. The smallest absolute Gasteiger partial charge is 0.247 e. The summed E-state index contributed by atoms with van der Waals surface area (Å²) in [6.45, 7) is 7.27. The van der Waals surface area contributed by atoms with Gasteiger partial charge in [0.2, 0.25) is 12.3 Å². The van der Waals surface area contributed by atoms with Gasteiger partial charge in [-0.2, -0.15) is 0 Å². The van der Waals surface area contributed by atoms with Gasteiger partial charge in [0.15, 0.2) is 0 Å². The average Bonchev–Trinajstić information content (AvgIpc) is 3.01. The van der Waals surface area contributed by atoms with E-state index in [1.54, 1.807) is 26.3 Å². The van der Waals surface area contributed by atoms with Crippen LogP contribution < -0.4 is 35.8 Å². The zero-order valence-corrected chi connectivity index (χ0v) is 25.1. The van der Waals surface area contributed by atoms with Crippen LogP contribution >= 0.6 is 23.2 Å². The predicted molar refractivity (Wildman–Crippen MR) is 167 cm³/mol. The van der Waals surface area contributed by atoms with Crippen molar-refractivity contribution in [2.75, 3.05) is 73.2 Å². The van der Waals surface area contributed by atoms with Crippen LogP contribution in [0.2, 0.25) is 10.0 Å². The van der Waals surface area contributed by atoms with Crippen molar-refractivity contribution in [2.45, 2.75) is 13.0 Å². The molecule has 224 valence electrons. The quantitative estimate of drug-likeness (QED) is 0.149. The maximum atomic E-state index is 12.2. The van der Waals surface area contributed by atoms with Gasteiger partial charge in [0.1, 0.15) is 28.7 Å². The average molecular weight is 618 g/mol. The van der Waals surface area contributed by atoms with Gasteiger partial charge < -0.3 is 45.6 Å². The second-order valence-electron chi connectivity index (χ2n) is 9.35. The summed E-state index contributed by atoms with van der Waals surface area (Å²) in [6.07, 6.45) is 1.29. The molecule has 2 aromatic carbocycles. The minimum Gasteiger partial charge on any atom is -0.495 e. The Labute approximate surface area is 254 Å². The molecule has 0 bridgehead atoms. The number of aliphatic hydroxyl groups excluding tert-OH is 1. The molecule has 12 nitrogen and oxygen atoms in total. The number of halogens is 2. The minimum atomic E-state index is -1.29. The van der Waals surface area contributed by atoms with E-state index in [9.17, 15) is 9.90 Å². The number of methoxy groups -OCH3 is 2. The highest BCUT2D eigenvalue weighted by molar-refractivity contribution is 6.40. The Balaban J connectivity index is 1.56. The highest BCUT2D eigenvalue weighted by Crippen LogP contribution is 2.41. The minimum absolute atomic E-state index is 0.207. The number of aromatic nitrogens is 2. The molecule has 2 heterocycles. The van der Waals surface area contributed by atoms with Gasteiger partial charge in [0, 0.05) is 57.7 Å². The van der Waals surface area contributed by atoms with Gasteiger partial charge in [-0.1, -0.05) is 29.8 Å². The molecule has 1 atom stereocenters. The molecule has 4 rings (SSSR count). The third-order valence-corrected chi connectivity index (χ3v) is 7.41. The molecule has 5 N–H and O–H groups in total. The van der Waals surface area contributed by atoms with Gasteiger partial charge in [-0.3, -0.25) is 4.79 Å². The third kappa shape index (κ3) is 7.33. The Morgan fingerprint density at radius 2 is 1.95 bits per heavy atom. The summed E-state index contributed by atoms with van der Waals surface area (Å²) in [5.41, 5.74) is 3.09. The lowest BCUT2D eigenvalue weighted by Crippen LogP contribution is -2.43. The number of carbonyl (C=O) groups is 1. The van der Waals surface area contributed by atoms with Gasteiger partial charge in [-0.25, -0.2) is 9.97 Å². The monoisotopic (exact) mass is 616 g/mol. The van der Waals surface area contributed by atoms with Gasteiger partial charge >= 0.3 is 0 Å². The lowest BCUT2D eigenvalue weighted by molar-refractivity contribution is -0.111. The molecule has 1 amide bonds. The van der Waals surface area contributed by atoms with E-state index >= 15 is 0 Å². The van der Waals surface area contributed by atoms with E-state index in [0.717, 1.165) is 31.9 Å². The molecule has 1 unspecified atom stereocenters. The number of hydrogen-bond donors (Lipinski definition) is 5. The van der Waals surface area contributed by atoms with Gasteiger partial charge in [0.25, 0.3) is 0 Å². The summed E-state index contributed by atoms with van der Waals surface area (Å²) >= 11 is 13.1. The standard InChI is InChI=1S/C28H34Cl2N8O4/c1-5-24(39)35-20-13-18(38-10-8-31-9-11-38)6-7-19(20)34-22-14-23(33-16-32-22)37(2)28(40)36-27-25(29)17(15-41-3)12-21(42-4)26(27)30/h5-7,12-14,16,28,31,36,40H,1,8-11,15H2,2-4H3,(H,35,39)(H,32,33,34). The van der Waals surface area contributed by atoms with Crippen molar-refractivity contribution >= 4 is 63.5 Å². The Morgan fingerprint density at radius 1 is 1.19 bits per heavy atom. The van der Waals surface area contributed by atoms with Crippen LogP contribution in [0.1, 0.15) is 5.56 Å². The Morgan fingerprint density at radius 3 is 2.64 bits per heavy atom. The summed E-state index contributed by atoms with van der Waals surface area (Å²) in [7, 11) is 4.67. The van der Waals surface area contributed by atoms with Crippen molar-refractivity contribution in [3.8, 4) is 5.75 Å². The number of nitrogens with one attached hydrogen (secondary N) is 4. The lowest BCUT2D eigenvalue weighted by Gasteiger charge is -2.30. The molecular formula is C28H34Cl2N8O4. The molecule has 0 saturated carbocycles. The van der Waals surface area contributed by atoms with Gasteiger partial charge in [-0.05, 0) is 30.3 Å². The van der Waals surface area contributed by atoms with Crippen LogP contribution in [0.5, 0.6) is 5.75 Å². The van der Waals surface area contributed by atoms with Crippen molar-refractivity contribution in [1.82, 2.24) is 15.3 Å². The van der Waals surface area contributed by atoms with Crippen LogP contribution in [0, 0.1) is 0 Å². The van der Waals surface area contributed by atoms with E-state index in [0.29, 0.717) is 39.3 Å². The first-order valence-electron chi connectivity index (χ1n) is 13.1. The first-order chi connectivity index (χ1) is 20.2. The normalized spacial score (nSPS) is 13.7. The maximum Gasteiger partial charge on any atom is 0.247 e. The van der Waals surface area contributed by atoms with E-state index in [1.807, 2.05) is 18.2 Å². The summed E-state index contributed by atoms with van der Waals surface area (Å²) in [5, 5.41) is 23.9. The van der Waals surface area contributed by atoms with Crippen molar-refractivity contribution in [3.05, 3.63) is 64.9 Å². The topological polar surface area (TPSA) is 136 Å². The van der Waals surface area contributed by atoms with Crippen molar-refractivity contribution in [1.29, 1.82) is 0 Å². The first kappa shape index (κ1) is 31.1. The summed E-state index contributed by atoms with van der Waals surface area (Å²) < 4.78 is 10.6. The number of carbonyl (C=O) groups excluding carboxylic acids is 1. The van der Waals surface area contributed by atoms with E-state index in [-0.39, 0.29) is 23.2 Å². The molecule has 14 heteroatoms. The van der Waals surface area contributed by atoms with Gasteiger partial charge in [0.05, 0.1) is 35.8 Å². The lowest BCUT2D eigenvalue weighted by atomic mass is 10.2. The molecule has 1 aliphatic heterocycles. The highest BCUT2D eigenvalue weighted by Gasteiger charge is 2.22. The molecule has 0 radical (unpaired) electrons. The maximum absolute atomic E-state index is 12.2. The predicted octanol–water partition coefficient (Wildman–Crippen LogP) is 4.04. The number of anilines is 6. The third-order valence-electron chi connectivity index (χ3n) is 6.61. The largest absolute Gasteiger partial charge is 0.495 e. The fraction of sp³-hybridized carbons (Fsp3) is 0.321. The number of amides is 1. The number of nitrogens with zero attached hydrogens (tertiary/aromatic N) is 4. The van der Waals surface area contributed by atoms with Crippen LogP contribution in [0.15, 0.2) is 49.3 Å². The Bertz CT molecular complexity index is 1420. The van der Waals surface area contributed by atoms with E-state index in [4.69, 9.17) is 32.7 Å². The van der Waals surface area contributed by atoms with Crippen LogP contribution in [0.3, 0.4) is 0 Å². The number of piperazine rings is 1. The molecule has 1 aliphatic rings. The van der Waals surface area contributed by atoms with Crippen LogP contribution in [0.25, 0.3) is 0 Å². The summed E-state index contributed by atoms with van der Waals surface area (Å²) in [5.74, 6) is 0.856.